The van der Waals surface area contributed by atoms with Gasteiger partial charge in [0.05, 0.1) is 18.3 Å². The fourth-order valence-electron chi connectivity index (χ4n) is 1.25. The third-order valence-electron chi connectivity index (χ3n) is 2.35. The van der Waals surface area contributed by atoms with Crippen molar-refractivity contribution in [1.82, 2.24) is 15.1 Å². The molecular formula is C10H20Cl2N4O. The van der Waals surface area contributed by atoms with Crippen LogP contribution in [0.15, 0.2) is 12.3 Å². The predicted octanol–water partition coefficient (Wildman–Crippen LogP) is 1.19. The number of hydrogen-bond acceptors (Lipinski definition) is 3. The lowest BCUT2D eigenvalue weighted by atomic mass is 10.0. The van der Waals surface area contributed by atoms with E-state index >= 15 is 0 Å². The number of hydrogen-bond donors (Lipinski definition) is 2. The summed E-state index contributed by atoms with van der Waals surface area (Å²) in [5.41, 5.74) is 6.68. The zero-order chi connectivity index (χ0) is 11.4. The average Bonchev–Trinajstić information content (AvgIpc) is 2.67. The number of nitrogens with one attached hydrogen (secondary N) is 1. The van der Waals surface area contributed by atoms with Crippen LogP contribution in [0.4, 0.5) is 0 Å². The molecule has 0 radical (unpaired) electrons. The molecule has 0 aromatic carbocycles. The van der Waals surface area contributed by atoms with Crippen LogP contribution in [0, 0.1) is 5.92 Å². The number of halogens is 2. The fourth-order valence-corrected chi connectivity index (χ4v) is 1.25. The molecule has 3 N–H and O–H groups in total. The SMILES string of the molecule is CC(C)[C@@H](N)C(=O)N(C)Cc1ccn[nH]1.Cl.Cl. The zero-order valence-electron chi connectivity index (χ0n) is 10.2. The highest BCUT2D eigenvalue weighted by Gasteiger charge is 2.21. The molecule has 0 aliphatic carbocycles. The monoisotopic (exact) mass is 282 g/mol. The Bertz CT molecular complexity index is 316. The lowest BCUT2D eigenvalue weighted by Crippen LogP contribution is -2.44. The van der Waals surface area contributed by atoms with Crippen LogP contribution in [-0.2, 0) is 11.3 Å². The Morgan fingerprint density at radius 1 is 1.53 bits per heavy atom. The number of nitrogens with two attached hydrogens (primary N) is 1. The van der Waals surface area contributed by atoms with Crippen molar-refractivity contribution >= 4 is 30.7 Å². The number of carbonyl (C=O) groups is 1. The van der Waals surface area contributed by atoms with Gasteiger partial charge in [0.2, 0.25) is 5.91 Å². The highest BCUT2D eigenvalue weighted by Crippen LogP contribution is 2.05. The topological polar surface area (TPSA) is 75.0 Å². The van der Waals surface area contributed by atoms with Crippen LogP contribution >= 0.6 is 24.8 Å². The number of amides is 1. The van der Waals surface area contributed by atoms with Crippen LogP contribution < -0.4 is 5.73 Å². The number of rotatable bonds is 4. The van der Waals surface area contributed by atoms with Crippen molar-refractivity contribution in [3.8, 4) is 0 Å². The van der Waals surface area contributed by atoms with E-state index in [1.54, 1.807) is 18.1 Å². The van der Waals surface area contributed by atoms with Gasteiger partial charge in [-0.25, -0.2) is 0 Å². The van der Waals surface area contributed by atoms with E-state index in [1.807, 2.05) is 19.9 Å². The molecule has 1 aromatic heterocycles. The minimum atomic E-state index is -0.432. The van der Waals surface area contributed by atoms with E-state index < -0.39 is 6.04 Å². The molecular weight excluding hydrogens is 263 g/mol. The molecule has 0 aliphatic rings. The molecule has 0 unspecified atom stereocenters. The standard InChI is InChI=1S/C10H18N4O.2ClH/c1-7(2)9(11)10(15)14(3)6-8-4-5-12-13-8;;/h4-5,7,9H,6,11H2,1-3H3,(H,12,13);2*1H/t9-;;/m1../s1. The Hall–Kier alpha value is -0.780. The van der Waals surface area contributed by atoms with Crippen molar-refractivity contribution in [1.29, 1.82) is 0 Å². The van der Waals surface area contributed by atoms with E-state index in [0.717, 1.165) is 5.69 Å². The van der Waals surface area contributed by atoms with Gasteiger partial charge in [0.1, 0.15) is 0 Å². The summed E-state index contributed by atoms with van der Waals surface area (Å²) in [6.45, 7) is 4.39. The summed E-state index contributed by atoms with van der Waals surface area (Å²) in [7, 11) is 1.74. The van der Waals surface area contributed by atoms with Gasteiger partial charge in [-0.1, -0.05) is 13.8 Å². The van der Waals surface area contributed by atoms with Gasteiger partial charge >= 0.3 is 0 Å². The Morgan fingerprint density at radius 2 is 2.12 bits per heavy atom. The van der Waals surface area contributed by atoms with Crippen molar-refractivity contribution in [2.24, 2.45) is 11.7 Å². The molecule has 7 heteroatoms. The van der Waals surface area contributed by atoms with Gasteiger partial charge in [-0.2, -0.15) is 5.10 Å². The van der Waals surface area contributed by atoms with E-state index in [2.05, 4.69) is 10.2 Å². The molecule has 1 heterocycles. The van der Waals surface area contributed by atoms with Gasteiger partial charge in [-0.3, -0.25) is 9.89 Å². The smallest absolute Gasteiger partial charge is 0.239 e. The summed E-state index contributed by atoms with van der Waals surface area (Å²) in [4.78, 5) is 13.4. The molecule has 1 rings (SSSR count). The Labute approximate surface area is 114 Å². The fraction of sp³-hybridized carbons (Fsp3) is 0.600. The normalized spacial score (nSPS) is 11.4. The van der Waals surface area contributed by atoms with Gasteiger partial charge in [0.15, 0.2) is 0 Å². The van der Waals surface area contributed by atoms with E-state index in [9.17, 15) is 4.79 Å². The largest absolute Gasteiger partial charge is 0.339 e. The lowest BCUT2D eigenvalue weighted by molar-refractivity contribution is -0.132. The molecule has 0 saturated heterocycles. The molecule has 0 aliphatic heterocycles. The number of aromatic amines is 1. The second kappa shape index (κ2) is 8.33. The average molecular weight is 283 g/mol. The molecule has 0 saturated carbocycles. The molecule has 1 aromatic rings. The maximum atomic E-state index is 11.8. The van der Waals surface area contributed by atoms with Crippen molar-refractivity contribution < 1.29 is 4.79 Å². The van der Waals surface area contributed by atoms with Crippen LogP contribution in [0.25, 0.3) is 0 Å². The maximum Gasteiger partial charge on any atom is 0.239 e. The van der Waals surface area contributed by atoms with Crippen molar-refractivity contribution in [3.63, 3.8) is 0 Å². The first kappa shape index (κ1) is 18.6. The number of carbonyl (C=O) groups excluding carboxylic acids is 1. The number of nitrogens with zero attached hydrogens (tertiary/aromatic N) is 2. The first-order chi connectivity index (χ1) is 7.02. The summed E-state index contributed by atoms with van der Waals surface area (Å²) in [5, 5.41) is 6.63. The highest BCUT2D eigenvalue weighted by atomic mass is 35.5. The van der Waals surface area contributed by atoms with Gasteiger partial charge in [-0.15, -0.1) is 24.8 Å². The quantitative estimate of drug-likeness (QED) is 0.871. The second-order valence-corrected chi connectivity index (χ2v) is 4.05. The van der Waals surface area contributed by atoms with E-state index in [0.29, 0.717) is 6.54 Å². The van der Waals surface area contributed by atoms with Crippen molar-refractivity contribution in [2.75, 3.05) is 7.05 Å². The summed E-state index contributed by atoms with van der Waals surface area (Å²) in [5.74, 6) is 0.112. The predicted molar refractivity (Wildman–Crippen MR) is 72.4 cm³/mol. The Balaban J connectivity index is 0. The Morgan fingerprint density at radius 3 is 2.53 bits per heavy atom. The summed E-state index contributed by atoms with van der Waals surface area (Å²) in [6, 6.07) is 1.41. The summed E-state index contributed by atoms with van der Waals surface area (Å²) >= 11 is 0. The molecule has 1 amide bonds. The third-order valence-corrected chi connectivity index (χ3v) is 2.35. The van der Waals surface area contributed by atoms with Gasteiger partial charge < -0.3 is 10.6 Å². The third kappa shape index (κ3) is 5.39. The van der Waals surface area contributed by atoms with Gasteiger partial charge in [0.25, 0.3) is 0 Å². The number of aromatic nitrogens is 2. The molecule has 17 heavy (non-hydrogen) atoms. The Kier molecular flexibility index (Phi) is 9.11. The molecule has 0 fully saturated rings. The van der Waals surface area contributed by atoms with Gasteiger partial charge in [-0.05, 0) is 12.0 Å². The maximum absolute atomic E-state index is 11.8. The van der Waals surface area contributed by atoms with Crippen LogP contribution in [0.5, 0.6) is 0 Å². The number of H-pyrrole nitrogens is 1. The first-order valence-electron chi connectivity index (χ1n) is 5.01. The lowest BCUT2D eigenvalue weighted by Gasteiger charge is -2.22. The van der Waals surface area contributed by atoms with E-state index in [-0.39, 0.29) is 36.6 Å². The van der Waals surface area contributed by atoms with Crippen molar-refractivity contribution in [3.05, 3.63) is 18.0 Å². The van der Waals surface area contributed by atoms with E-state index in [1.165, 1.54) is 0 Å². The molecule has 0 spiro atoms. The van der Waals surface area contributed by atoms with Crippen LogP contribution in [0.3, 0.4) is 0 Å². The van der Waals surface area contributed by atoms with Crippen LogP contribution in [0.1, 0.15) is 19.5 Å². The minimum absolute atomic E-state index is 0. The van der Waals surface area contributed by atoms with Crippen molar-refractivity contribution in [2.45, 2.75) is 26.4 Å². The van der Waals surface area contributed by atoms with Crippen LogP contribution in [-0.4, -0.2) is 34.1 Å². The summed E-state index contributed by atoms with van der Waals surface area (Å²) < 4.78 is 0. The first-order valence-corrected chi connectivity index (χ1v) is 5.01. The highest BCUT2D eigenvalue weighted by molar-refractivity contribution is 5.85. The van der Waals surface area contributed by atoms with Crippen LogP contribution in [0.2, 0.25) is 0 Å². The second-order valence-electron chi connectivity index (χ2n) is 4.05. The zero-order valence-corrected chi connectivity index (χ0v) is 11.8. The van der Waals surface area contributed by atoms with Gasteiger partial charge in [0, 0.05) is 13.2 Å². The molecule has 1 atom stereocenters. The van der Waals surface area contributed by atoms with E-state index in [4.69, 9.17) is 5.73 Å². The minimum Gasteiger partial charge on any atom is -0.339 e. The number of likely N-dealkylation sites (N-methyl/N-ethyl adjacent to an activating group) is 1. The molecule has 100 valence electrons. The summed E-state index contributed by atoms with van der Waals surface area (Å²) in [6.07, 6.45) is 1.66. The molecule has 5 nitrogen and oxygen atoms in total. The molecule has 0 bridgehead atoms.